The quantitative estimate of drug-likeness (QED) is 0.767. The van der Waals surface area contributed by atoms with Crippen LogP contribution in [0.3, 0.4) is 0 Å². The molecule has 0 spiro atoms. The van der Waals surface area contributed by atoms with E-state index in [0.29, 0.717) is 17.5 Å². The van der Waals surface area contributed by atoms with Gasteiger partial charge in [0.25, 0.3) is 0 Å². The zero-order valence-corrected chi connectivity index (χ0v) is 16.3. The number of carbonyl (C=O) groups is 1. The number of hydrogen-bond donors (Lipinski definition) is 1. The van der Waals surface area contributed by atoms with Crippen LogP contribution in [0.1, 0.15) is 23.5 Å². The van der Waals surface area contributed by atoms with E-state index in [1.165, 1.54) is 5.56 Å². The highest BCUT2D eigenvalue weighted by Gasteiger charge is 2.27. The number of halogens is 2. The Bertz CT molecular complexity index is 752. The number of nitrogens with zero attached hydrogens (tertiary/aromatic N) is 1. The molecule has 0 radical (unpaired) electrons. The molecule has 1 unspecified atom stereocenters. The molecule has 1 aliphatic rings. The van der Waals surface area contributed by atoms with Gasteiger partial charge >= 0.3 is 6.03 Å². The van der Waals surface area contributed by atoms with E-state index in [-0.39, 0.29) is 6.03 Å². The third kappa shape index (κ3) is 4.47. The molecule has 0 aromatic heterocycles. The first-order valence-corrected chi connectivity index (χ1v) is 9.34. The number of amides is 2. The average molecular weight is 424 g/mol. The minimum atomic E-state index is -0.0463. The van der Waals surface area contributed by atoms with E-state index in [9.17, 15) is 4.79 Å². The number of urea groups is 1. The second-order valence-electron chi connectivity index (χ2n) is 6.10. The Hall–Kier alpha value is -1.72. The Morgan fingerprint density at radius 2 is 2.08 bits per heavy atom. The summed E-state index contributed by atoms with van der Waals surface area (Å²) in [6.07, 6.45) is 0.971. The molecule has 0 saturated carbocycles. The van der Waals surface area contributed by atoms with E-state index in [4.69, 9.17) is 16.3 Å². The largest absolute Gasteiger partial charge is 0.497 e. The van der Waals surface area contributed by atoms with Gasteiger partial charge in [0.15, 0.2) is 0 Å². The molecule has 132 valence electrons. The van der Waals surface area contributed by atoms with Crippen molar-refractivity contribution in [2.45, 2.75) is 18.9 Å². The maximum atomic E-state index is 12.4. The predicted molar refractivity (Wildman–Crippen MR) is 103 cm³/mol. The number of carbonyl (C=O) groups excluding carboxylic acids is 1. The molecule has 6 heteroatoms. The van der Waals surface area contributed by atoms with Crippen molar-refractivity contribution in [3.63, 3.8) is 0 Å². The van der Waals surface area contributed by atoms with Crippen LogP contribution < -0.4 is 10.1 Å². The summed E-state index contributed by atoms with van der Waals surface area (Å²) in [5.41, 5.74) is 2.15. The molecule has 1 aliphatic heterocycles. The van der Waals surface area contributed by atoms with Crippen molar-refractivity contribution < 1.29 is 9.53 Å². The smallest absolute Gasteiger partial charge is 0.317 e. The number of likely N-dealkylation sites (tertiary alicyclic amines) is 1. The van der Waals surface area contributed by atoms with Crippen molar-refractivity contribution in [2.24, 2.45) is 0 Å². The molecule has 2 amide bonds. The van der Waals surface area contributed by atoms with E-state index in [2.05, 4.69) is 33.4 Å². The summed E-state index contributed by atoms with van der Waals surface area (Å²) in [4.78, 5) is 14.3. The normalized spacial score (nSPS) is 16.8. The van der Waals surface area contributed by atoms with Crippen LogP contribution in [-0.2, 0) is 6.54 Å². The van der Waals surface area contributed by atoms with Crippen molar-refractivity contribution in [1.29, 1.82) is 0 Å². The fraction of sp³-hybridized carbons (Fsp3) is 0.316. The maximum absolute atomic E-state index is 12.4. The van der Waals surface area contributed by atoms with Gasteiger partial charge < -0.3 is 15.0 Å². The first kappa shape index (κ1) is 18.1. The van der Waals surface area contributed by atoms with Crippen molar-refractivity contribution in [2.75, 3.05) is 20.2 Å². The molecule has 1 heterocycles. The van der Waals surface area contributed by atoms with Crippen LogP contribution in [0.25, 0.3) is 0 Å². The third-order valence-electron chi connectivity index (χ3n) is 4.51. The minimum absolute atomic E-state index is 0.0463. The highest BCUT2D eigenvalue weighted by molar-refractivity contribution is 9.10. The molecule has 1 atom stereocenters. The number of benzene rings is 2. The zero-order valence-electron chi connectivity index (χ0n) is 14.0. The van der Waals surface area contributed by atoms with Gasteiger partial charge in [-0.3, -0.25) is 0 Å². The lowest BCUT2D eigenvalue weighted by atomic mass is 9.98. The maximum Gasteiger partial charge on any atom is 0.317 e. The fourth-order valence-electron chi connectivity index (χ4n) is 3.04. The Labute approximate surface area is 161 Å². The number of ether oxygens (including phenoxy) is 1. The van der Waals surface area contributed by atoms with Gasteiger partial charge in [0.2, 0.25) is 0 Å². The molecule has 0 bridgehead atoms. The molecular weight excluding hydrogens is 404 g/mol. The fourth-order valence-corrected chi connectivity index (χ4v) is 3.78. The van der Waals surface area contributed by atoms with Gasteiger partial charge in [0, 0.05) is 35.0 Å². The van der Waals surface area contributed by atoms with Gasteiger partial charge in [-0.15, -0.1) is 0 Å². The van der Waals surface area contributed by atoms with Gasteiger partial charge in [0.1, 0.15) is 5.75 Å². The summed E-state index contributed by atoms with van der Waals surface area (Å²) in [7, 11) is 1.66. The molecular formula is C19H20BrClN2O2. The van der Waals surface area contributed by atoms with Crippen molar-refractivity contribution >= 4 is 33.6 Å². The average Bonchev–Trinajstić information content (AvgIpc) is 3.11. The molecule has 1 fully saturated rings. The Kier molecular flexibility index (Phi) is 5.86. The first-order valence-electron chi connectivity index (χ1n) is 8.17. The van der Waals surface area contributed by atoms with Gasteiger partial charge in [0.05, 0.1) is 7.11 Å². The summed E-state index contributed by atoms with van der Waals surface area (Å²) >= 11 is 9.58. The molecule has 3 rings (SSSR count). The van der Waals surface area contributed by atoms with Crippen molar-refractivity contribution in [1.82, 2.24) is 10.2 Å². The summed E-state index contributed by atoms with van der Waals surface area (Å²) in [6, 6.07) is 13.7. The monoisotopic (exact) mass is 422 g/mol. The van der Waals surface area contributed by atoms with Crippen LogP contribution in [0.5, 0.6) is 5.75 Å². The van der Waals surface area contributed by atoms with Gasteiger partial charge in [-0.2, -0.15) is 0 Å². The van der Waals surface area contributed by atoms with Crippen LogP contribution in [0.15, 0.2) is 46.9 Å². The molecule has 2 aromatic rings. The SMILES string of the molecule is COc1ccc(C2CCN(C(=O)NCc3ccc(Br)cc3Cl)C2)cc1. The number of hydrogen-bond acceptors (Lipinski definition) is 2. The van der Waals surface area contributed by atoms with E-state index in [1.54, 1.807) is 7.11 Å². The molecule has 0 aliphatic carbocycles. The van der Waals surface area contributed by atoms with Crippen LogP contribution in [0.4, 0.5) is 4.79 Å². The lowest BCUT2D eigenvalue weighted by Gasteiger charge is -2.18. The Morgan fingerprint density at radius 1 is 1.32 bits per heavy atom. The number of rotatable bonds is 4. The highest BCUT2D eigenvalue weighted by atomic mass is 79.9. The highest BCUT2D eigenvalue weighted by Crippen LogP contribution is 2.28. The lowest BCUT2D eigenvalue weighted by Crippen LogP contribution is -2.38. The lowest BCUT2D eigenvalue weighted by molar-refractivity contribution is 0.208. The summed E-state index contributed by atoms with van der Waals surface area (Å²) in [5.74, 6) is 1.22. The summed E-state index contributed by atoms with van der Waals surface area (Å²) in [6.45, 7) is 1.91. The predicted octanol–water partition coefficient (Wildman–Crippen LogP) is 4.81. The van der Waals surface area contributed by atoms with Crippen molar-refractivity contribution in [3.8, 4) is 5.75 Å². The Balaban J connectivity index is 1.55. The second-order valence-corrected chi connectivity index (χ2v) is 7.42. The molecule has 1 N–H and O–H groups in total. The van der Waals surface area contributed by atoms with Gasteiger partial charge in [-0.05, 0) is 41.8 Å². The standard InChI is InChI=1S/C19H20BrClN2O2/c1-25-17-6-3-13(4-7-17)15-8-9-23(12-15)19(24)22-11-14-2-5-16(20)10-18(14)21/h2-7,10,15H,8-9,11-12H2,1H3,(H,22,24). The first-order chi connectivity index (χ1) is 12.1. The van der Waals surface area contributed by atoms with Crippen LogP contribution in [0, 0.1) is 0 Å². The molecule has 4 nitrogen and oxygen atoms in total. The molecule has 1 saturated heterocycles. The van der Waals surface area contributed by atoms with Crippen LogP contribution in [-0.4, -0.2) is 31.1 Å². The second kappa shape index (κ2) is 8.11. The van der Waals surface area contributed by atoms with Gasteiger partial charge in [-0.25, -0.2) is 4.79 Å². The van der Waals surface area contributed by atoms with E-state index in [0.717, 1.165) is 35.3 Å². The third-order valence-corrected chi connectivity index (χ3v) is 5.35. The molecule has 2 aromatic carbocycles. The van der Waals surface area contributed by atoms with E-state index < -0.39 is 0 Å². The van der Waals surface area contributed by atoms with Crippen LogP contribution >= 0.6 is 27.5 Å². The summed E-state index contributed by atoms with van der Waals surface area (Å²) < 4.78 is 6.12. The zero-order chi connectivity index (χ0) is 17.8. The minimum Gasteiger partial charge on any atom is -0.497 e. The molecule has 25 heavy (non-hydrogen) atoms. The van der Waals surface area contributed by atoms with Crippen LogP contribution in [0.2, 0.25) is 5.02 Å². The van der Waals surface area contributed by atoms with Gasteiger partial charge in [-0.1, -0.05) is 45.7 Å². The number of nitrogens with one attached hydrogen (secondary N) is 1. The Morgan fingerprint density at radius 3 is 2.76 bits per heavy atom. The van der Waals surface area contributed by atoms with E-state index in [1.807, 2.05) is 35.2 Å². The van der Waals surface area contributed by atoms with E-state index >= 15 is 0 Å². The topological polar surface area (TPSA) is 41.6 Å². The number of methoxy groups -OCH3 is 1. The van der Waals surface area contributed by atoms with Crippen molar-refractivity contribution in [3.05, 3.63) is 63.1 Å². The summed E-state index contributed by atoms with van der Waals surface area (Å²) in [5, 5.41) is 3.60.